The van der Waals surface area contributed by atoms with Gasteiger partial charge in [0.05, 0.1) is 29.8 Å². The summed E-state index contributed by atoms with van der Waals surface area (Å²) < 4.78 is 24.6. The van der Waals surface area contributed by atoms with Crippen molar-refractivity contribution >= 4 is 33.2 Å². The van der Waals surface area contributed by atoms with Crippen molar-refractivity contribution in [1.82, 2.24) is 0 Å². The van der Waals surface area contributed by atoms with E-state index in [9.17, 15) is 19.3 Å². The minimum Gasteiger partial charge on any atom is -0.490 e. The van der Waals surface area contributed by atoms with Gasteiger partial charge >= 0.3 is 0 Å². The Kier molecular flexibility index (Phi) is 6.51. The van der Waals surface area contributed by atoms with E-state index in [1.807, 2.05) is 0 Å². The lowest BCUT2D eigenvalue weighted by Crippen LogP contribution is -2.14. The van der Waals surface area contributed by atoms with Crippen molar-refractivity contribution < 1.29 is 23.6 Å². The van der Waals surface area contributed by atoms with Gasteiger partial charge in [-0.3, -0.25) is 14.9 Å². The summed E-state index contributed by atoms with van der Waals surface area (Å²) in [6.45, 7) is 4.08. The second-order valence-electron chi connectivity index (χ2n) is 5.02. The first-order valence-electron chi connectivity index (χ1n) is 7.71. The zero-order chi connectivity index (χ0) is 19.3. The number of nitro groups is 1. The van der Waals surface area contributed by atoms with Crippen LogP contribution in [-0.4, -0.2) is 24.0 Å². The molecule has 138 valence electrons. The Hall–Kier alpha value is -2.68. The average Bonchev–Trinajstić information content (AvgIpc) is 2.59. The predicted octanol–water partition coefficient (Wildman–Crippen LogP) is 4.55. The Labute approximate surface area is 157 Å². The zero-order valence-corrected chi connectivity index (χ0v) is 15.6. The number of carbonyl (C=O) groups is 1. The SMILES string of the molecule is CCOc1cc(NC(=O)c2cc(F)ccc2Br)c([N+](=O)[O-])cc1OCC. The summed E-state index contributed by atoms with van der Waals surface area (Å²) in [5, 5.41) is 13.8. The maximum atomic E-state index is 13.4. The maximum absolute atomic E-state index is 13.4. The Bertz CT molecular complexity index is 844. The van der Waals surface area contributed by atoms with Gasteiger partial charge < -0.3 is 14.8 Å². The van der Waals surface area contributed by atoms with Gasteiger partial charge in [-0.1, -0.05) is 0 Å². The van der Waals surface area contributed by atoms with Gasteiger partial charge in [-0.25, -0.2) is 4.39 Å². The van der Waals surface area contributed by atoms with E-state index < -0.39 is 16.6 Å². The third-order valence-corrected chi connectivity index (χ3v) is 3.97. The second-order valence-corrected chi connectivity index (χ2v) is 5.87. The quantitative estimate of drug-likeness (QED) is 0.517. The molecule has 0 unspecified atom stereocenters. The Balaban J connectivity index is 2.46. The van der Waals surface area contributed by atoms with Crippen LogP contribution >= 0.6 is 15.9 Å². The van der Waals surface area contributed by atoms with E-state index in [-0.39, 0.29) is 28.4 Å². The molecule has 0 heterocycles. The number of anilines is 1. The van der Waals surface area contributed by atoms with E-state index in [4.69, 9.17) is 9.47 Å². The molecular formula is C17H16BrFN2O5. The minimum atomic E-state index is -0.703. The summed E-state index contributed by atoms with van der Waals surface area (Å²) in [6.07, 6.45) is 0. The fourth-order valence-electron chi connectivity index (χ4n) is 2.20. The molecule has 0 aromatic heterocycles. The summed E-state index contributed by atoms with van der Waals surface area (Å²) in [6, 6.07) is 6.10. The highest BCUT2D eigenvalue weighted by molar-refractivity contribution is 9.10. The van der Waals surface area contributed by atoms with Crippen molar-refractivity contribution in [3.63, 3.8) is 0 Å². The Morgan fingerprint density at radius 1 is 1.19 bits per heavy atom. The van der Waals surface area contributed by atoms with Gasteiger partial charge in [-0.05, 0) is 48.0 Å². The van der Waals surface area contributed by atoms with Crippen molar-refractivity contribution in [2.75, 3.05) is 18.5 Å². The first-order chi connectivity index (χ1) is 12.4. The Morgan fingerprint density at radius 2 is 1.81 bits per heavy atom. The molecule has 1 N–H and O–H groups in total. The molecule has 7 nitrogen and oxygen atoms in total. The number of nitrogens with zero attached hydrogens (tertiary/aromatic N) is 1. The third kappa shape index (κ3) is 4.48. The highest BCUT2D eigenvalue weighted by Crippen LogP contribution is 2.38. The molecule has 0 atom stereocenters. The number of rotatable bonds is 7. The van der Waals surface area contributed by atoms with Crippen molar-refractivity contribution in [2.45, 2.75) is 13.8 Å². The predicted molar refractivity (Wildman–Crippen MR) is 97.5 cm³/mol. The van der Waals surface area contributed by atoms with Gasteiger partial charge in [0.15, 0.2) is 11.5 Å². The summed E-state index contributed by atoms with van der Waals surface area (Å²) in [7, 11) is 0. The number of hydrogen-bond donors (Lipinski definition) is 1. The van der Waals surface area contributed by atoms with Crippen molar-refractivity contribution in [3.8, 4) is 11.5 Å². The van der Waals surface area contributed by atoms with Crippen LogP contribution in [0.2, 0.25) is 0 Å². The van der Waals surface area contributed by atoms with Gasteiger partial charge in [0.1, 0.15) is 11.5 Å². The molecular weight excluding hydrogens is 411 g/mol. The Morgan fingerprint density at radius 3 is 2.38 bits per heavy atom. The minimum absolute atomic E-state index is 0.00569. The molecule has 9 heteroatoms. The molecule has 2 aromatic rings. The van der Waals surface area contributed by atoms with Crippen LogP contribution in [0.4, 0.5) is 15.8 Å². The first-order valence-corrected chi connectivity index (χ1v) is 8.51. The lowest BCUT2D eigenvalue weighted by Gasteiger charge is -2.14. The molecule has 0 radical (unpaired) electrons. The van der Waals surface area contributed by atoms with Crippen LogP contribution in [0.3, 0.4) is 0 Å². The van der Waals surface area contributed by atoms with Crippen LogP contribution in [0.25, 0.3) is 0 Å². The summed E-state index contributed by atoms with van der Waals surface area (Å²) in [5.41, 5.74) is -0.438. The van der Waals surface area contributed by atoms with E-state index in [0.717, 1.165) is 6.07 Å². The number of hydrogen-bond acceptors (Lipinski definition) is 5. The molecule has 0 spiro atoms. The highest BCUT2D eigenvalue weighted by atomic mass is 79.9. The van der Waals surface area contributed by atoms with E-state index >= 15 is 0 Å². The van der Waals surface area contributed by atoms with Crippen molar-refractivity contribution in [3.05, 3.63) is 56.3 Å². The van der Waals surface area contributed by atoms with Crippen molar-refractivity contribution in [2.24, 2.45) is 0 Å². The molecule has 0 fully saturated rings. The lowest BCUT2D eigenvalue weighted by atomic mass is 10.2. The van der Waals surface area contributed by atoms with E-state index in [1.165, 1.54) is 24.3 Å². The lowest BCUT2D eigenvalue weighted by molar-refractivity contribution is -0.384. The highest BCUT2D eigenvalue weighted by Gasteiger charge is 2.23. The fraction of sp³-hybridized carbons (Fsp3) is 0.235. The van der Waals surface area contributed by atoms with Gasteiger partial charge in [-0.2, -0.15) is 0 Å². The normalized spacial score (nSPS) is 10.3. The average molecular weight is 427 g/mol. The van der Waals surface area contributed by atoms with Crippen LogP contribution in [0.15, 0.2) is 34.8 Å². The number of nitro benzene ring substituents is 1. The van der Waals surface area contributed by atoms with Gasteiger partial charge in [0.2, 0.25) is 0 Å². The van der Waals surface area contributed by atoms with E-state index in [2.05, 4.69) is 21.2 Å². The molecule has 1 amide bonds. The van der Waals surface area contributed by atoms with Crippen LogP contribution in [0.5, 0.6) is 11.5 Å². The zero-order valence-electron chi connectivity index (χ0n) is 14.0. The molecule has 2 rings (SSSR count). The first kappa shape index (κ1) is 19.6. The molecule has 0 saturated carbocycles. The number of benzene rings is 2. The third-order valence-electron chi connectivity index (χ3n) is 3.28. The molecule has 0 aliphatic rings. The van der Waals surface area contributed by atoms with Crippen LogP contribution in [-0.2, 0) is 0 Å². The number of nitrogens with one attached hydrogen (secondary N) is 1. The molecule has 0 aliphatic carbocycles. The summed E-state index contributed by atoms with van der Waals surface area (Å²) >= 11 is 3.16. The number of amides is 1. The van der Waals surface area contributed by atoms with Gasteiger partial charge in [0, 0.05) is 10.5 Å². The van der Waals surface area contributed by atoms with Crippen LogP contribution in [0.1, 0.15) is 24.2 Å². The van der Waals surface area contributed by atoms with Gasteiger partial charge in [0.25, 0.3) is 11.6 Å². The monoisotopic (exact) mass is 426 g/mol. The van der Waals surface area contributed by atoms with Crippen LogP contribution in [0, 0.1) is 15.9 Å². The number of carbonyl (C=O) groups excluding carboxylic acids is 1. The van der Waals surface area contributed by atoms with Gasteiger partial charge in [-0.15, -0.1) is 0 Å². The summed E-state index contributed by atoms with van der Waals surface area (Å²) in [4.78, 5) is 23.2. The molecule has 0 aliphatic heterocycles. The summed E-state index contributed by atoms with van der Waals surface area (Å²) in [5.74, 6) is -0.847. The second kappa shape index (κ2) is 8.61. The fourth-order valence-corrected chi connectivity index (χ4v) is 2.62. The number of ether oxygens (including phenoxy) is 2. The van der Waals surface area contributed by atoms with E-state index in [1.54, 1.807) is 13.8 Å². The smallest absolute Gasteiger partial charge is 0.296 e. The topological polar surface area (TPSA) is 90.7 Å². The largest absolute Gasteiger partial charge is 0.490 e. The number of halogens is 2. The molecule has 2 aromatic carbocycles. The molecule has 0 bridgehead atoms. The standard InChI is InChI=1S/C17H16BrFN2O5/c1-3-25-15-8-13(14(21(23)24)9-16(15)26-4-2)20-17(22)11-7-10(19)5-6-12(11)18/h5-9H,3-4H2,1-2H3,(H,20,22). The maximum Gasteiger partial charge on any atom is 0.296 e. The van der Waals surface area contributed by atoms with Crippen LogP contribution < -0.4 is 14.8 Å². The molecule has 0 saturated heterocycles. The molecule has 26 heavy (non-hydrogen) atoms. The van der Waals surface area contributed by atoms with Crippen molar-refractivity contribution in [1.29, 1.82) is 0 Å². The van der Waals surface area contributed by atoms with E-state index in [0.29, 0.717) is 17.7 Å².